The Balaban J connectivity index is 0. The van der Waals surface area contributed by atoms with Crippen LogP contribution in [0, 0.1) is 6.92 Å². The van der Waals surface area contributed by atoms with Crippen molar-refractivity contribution in [3.05, 3.63) is 5.96 Å². The Hall–Kier alpha value is 0.200. The Morgan fingerprint density at radius 3 is 1.67 bits per heavy atom. The van der Waals surface area contributed by atoms with Crippen molar-refractivity contribution in [3.8, 4) is 0 Å². The average Bonchev–Trinajstić information content (AvgIpc) is 2.19. The Labute approximate surface area is 82.1 Å². The standard InChI is InChI=1S/C2H3O2.C2H4O2.Ca/c1-2-3-4-2;1-2(3)4;/h1H3;1H3,(H,3,4);/q-1;;+2/p-1. The van der Waals surface area contributed by atoms with E-state index in [1.807, 2.05) is 0 Å². The second kappa shape index (κ2) is 6.32. The van der Waals surface area contributed by atoms with E-state index in [9.17, 15) is 0 Å². The quantitative estimate of drug-likeness (QED) is 0.284. The van der Waals surface area contributed by atoms with E-state index < -0.39 is 5.97 Å². The largest absolute Gasteiger partial charge is 2.00 e. The van der Waals surface area contributed by atoms with Crippen LogP contribution in [0.4, 0.5) is 0 Å². The molecule has 1 aromatic heterocycles. The average molecular weight is 158 g/mol. The zero-order valence-corrected chi connectivity index (χ0v) is 7.55. The summed E-state index contributed by atoms with van der Waals surface area (Å²) in [6.07, 6.45) is 0. The molecule has 4 nitrogen and oxygen atoms in total. The van der Waals surface area contributed by atoms with E-state index in [4.69, 9.17) is 9.90 Å². The summed E-state index contributed by atoms with van der Waals surface area (Å²) >= 11 is 0. The van der Waals surface area contributed by atoms with Gasteiger partial charge in [-0.15, -0.1) is 6.92 Å². The van der Waals surface area contributed by atoms with Crippen LogP contribution in [0.25, 0.3) is 0 Å². The first-order valence-corrected chi connectivity index (χ1v) is 1.98. The molecule has 1 aromatic rings. The molecule has 9 heavy (non-hydrogen) atoms. The van der Waals surface area contributed by atoms with Crippen LogP contribution in [-0.2, 0) is 4.79 Å². The Bertz CT molecular complexity index is 126. The molecule has 0 N–H and O–H groups in total. The molecule has 0 fully saturated rings. The summed E-state index contributed by atoms with van der Waals surface area (Å²) in [5.41, 5.74) is 0. The SMILES string of the molecule is CC(=O)[O-].C[c-]1oo1.[Ca+2]. The normalized spacial score (nSPS) is 6.89. The first kappa shape index (κ1) is 11.9. The monoisotopic (exact) mass is 158 g/mol. The van der Waals surface area contributed by atoms with Crippen LogP contribution in [0.15, 0.2) is 9.15 Å². The molecule has 0 bridgehead atoms. The molecule has 5 heteroatoms. The van der Waals surface area contributed by atoms with Crippen LogP contribution >= 0.6 is 0 Å². The molecule has 1 heterocycles. The topological polar surface area (TPSA) is 66.4 Å². The van der Waals surface area contributed by atoms with Gasteiger partial charge in [0.15, 0.2) is 0 Å². The number of rotatable bonds is 0. The maximum Gasteiger partial charge on any atom is 2.00 e. The zero-order valence-electron chi connectivity index (χ0n) is 5.34. The smallest absolute Gasteiger partial charge is 0.550 e. The van der Waals surface area contributed by atoms with Crippen LogP contribution in [-0.4, -0.2) is 43.7 Å². The third-order valence-corrected chi connectivity index (χ3v) is 0.250. The van der Waals surface area contributed by atoms with Crippen molar-refractivity contribution in [2.24, 2.45) is 0 Å². The second-order valence-electron chi connectivity index (χ2n) is 1.15. The van der Waals surface area contributed by atoms with Gasteiger partial charge in [-0.2, -0.15) is 0 Å². The summed E-state index contributed by atoms with van der Waals surface area (Å²) in [7, 11) is 0. The first-order chi connectivity index (χ1) is 3.63. The number of carboxylic acids is 1. The van der Waals surface area contributed by atoms with Gasteiger partial charge in [0.2, 0.25) is 0 Å². The number of carbonyl (C=O) groups is 1. The van der Waals surface area contributed by atoms with E-state index >= 15 is 0 Å². The molecule has 0 atom stereocenters. The van der Waals surface area contributed by atoms with Crippen molar-refractivity contribution < 1.29 is 19.1 Å². The van der Waals surface area contributed by atoms with Gasteiger partial charge in [-0.05, 0) is 6.92 Å². The van der Waals surface area contributed by atoms with Gasteiger partial charge in [0, 0.05) is 11.9 Å². The van der Waals surface area contributed by atoms with Crippen molar-refractivity contribution in [2.45, 2.75) is 13.8 Å². The van der Waals surface area contributed by atoms with Crippen molar-refractivity contribution in [1.82, 2.24) is 0 Å². The number of hydrogen-bond donors (Lipinski definition) is 0. The fourth-order valence-corrected chi connectivity index (χ4v) is 0.0417. The summed E-state index contributed by atoms with van der Waals surface area (Å²) in [6.45, 7) is 2.72. The van der Waals surface area contributed by atoms with Gasteiger partial charge in [0.25, 0.3) is 0 Å². The molecule has 0 spiro atoms. The van der Waals surface area contributed by atoms with Gasteiger partial charge in [-0.25, -0.2) is 0 Å². The van der Waals surface area contributed by atoms with Crippen LogP contribution in [0.5, 0.6) is 0 Å². The number of carbonyl (C=O) groups excluding carboxylic acids is 1. The zero-order chi connectivity index (χ0) is 6.57. The van der Waals surface area contributed by atoms with E-state index in [-0.39, 0.29) is 37.7 Å². The molecule has 48 valence electrons. The molecule has 0 unspecified atom stereocenters. The third kappa shape index (κ3) is 30.8. The molecule has 0 saturated carbocycles. The molecular formula is C4H6CaO4. The van der Waals surface area contributed by atoms with Gasteiger partial charge in [0.05, 0.1) is 0 Å². The molecule has 0 aliphatic carbocycles. The molecule has 0 aliphatic rings. The number of aliphatic carboxylic acids is 1. The Morgan fingerprint density at radius 1 is 1.56 bits per heavy atom. The summed E-state index contributed by atoms with van der Waals surface area (Å²) in [5.74, 6) is -0.417. The summed E-state index contributed by atoms with van der Waals surface area (Å²) < 4.78 is 8.25. The minimum atomic E-state index is -1.08. The van der Waals surface area contributed by atoms with E-state index in [0.29, 0.717) is 5.96 Å². The Morgan fingerprint density at radius 2 is 1.67 bits per heavy atom. The molecular weight excluding hydrogens is 152 g/mol. The van der Waals surface area contributed by atoms with Crippen LogP contribution in [0.2, 0.25) is 0 Å². The molecule has 0 aliphatic heterocycles. The fourth-order valence-electron chi connectivity index (χ4n) is 0.0417. The summed E-state index contributed by atoms with van der Waals surface area (Å²) in [5, 5.41) is 8.89. The van der Waals surface area contributed by atoms with Crippen molar-refractivity contribution in [2.75, 3.05) is 0 Å². The number of carboxylic acid groups (broad SMARTS) is 1. The van der Waals surface area contributed by atoms with E-state index in [1.54, 1.807) is 6.92 Å². The predicted molar refractivity (Wildman–Crippen MR) is 27.7 cm³/mol. The van der Waals surface area contributed by atoms with Crippen molar-refractivity contribution in [1.29, 1.82) is 0 Å². The minimum absolute atomic E-state index is 0. The maximum absolute atomic E-state index is 8.89. The number of aryl methyl sites for hydroxylation is 1. The second-order valence-corrected chi connectivity index (χ2v) is 1.15. The number of hydrogen-bond acceptors (Lipinski definition) is 4. The van der Waals surface area contributed by atoms with Gasteiger partial charge in [0.1, 0.15) is 0 Å². The van der Waals surface area contributed by atoms with Gasteiger partial charge in [-0.3, -0.25) is 0 Å². The minimum Gasteiger partial charge on any atom is -0.550 e. The Kier molecular flexibility index (Phi) is 8.38. The molecule has 1 rings (SSSR count). The first-order valence-electron chi connectivity index (χ1n) is 1.98. The van der Waals surface area contributed by atoms with E-state index in [0.717, 1.165) is 6.92 Å². The van der Waals surface area contributed by atoms with Crippen molar-refractivity contribution in [3.63, 3.8) is 0 Å². The van der Waals surface area contributed by atoms with E-state index in [1.165, 1.54) is 0 Å². The molecule has 0 aromatic carbocycles. The van der Waals surface area contributed by atoms with Gasteiger partial charge < -0.3 is 19.1 Å². The van der Waals surface area contributed by atoms with E-state index in [2.05, 4.69) is 9.15 Å². The maximum atomic E-state index is 8.89. The van der Waals surface area contributed by atoms with Crippen molar-refractivity contribution >= 4 is 43.7 Å². The fraction of sp³-hybridized carbons (Fsp3) is 0.500. The van der Waals surface area contributed by atoms with Crippen LogP contribution in [0.3, 0.4) is 0 Å². The van der Waals surface area contributed by atoms with Gasteiger partial charge in [-0.1, -0.05) is 0 Å². The third-order valence-electron chi connectivity index (χ3n) is 0.250. The van der Waals surface area contributed by atoms with Crippen LogP contribution in [0.1, 0.15) is 12.9 Å². The molecule has 0 amide bonds. The van der Waals surface area contributed by atoms with Gasteiger partial charge >= 0.3 is 37.7 Å². The van der Waals surface area contributed by atoms with Crippen LogP contribution < -0.4 is 5.11 Å². The molecule has 0 saturated heterocycles. The summed E-state index contributed by atoms with van der Waals surface area (Å²) in [6, 6.07) is 0. The molecule has 0 radical (unpaired) electrons. The predicted octanol–water partition coefficient (Wildman–Crippen LogP) is -0.725. The summed E-state index contributed by atoms with van der Waals surface area (Å²) in [4.78, 5) is 8.89.